The maximum absolute atomic E-state index is 11.2. The van der Waals surface area contributed by atoms with E-state index in [0.29, 0.717) is 6.42 Å². The number of rotatable bonds is 10. The van der Waals surface area contributed by atoms with Gasteiger partial charge in [0.25, 0.3) is 0 Å². The maximum atomic E-state index is 11.2. The van der Waals surface area contributed by atoms with Gasteiger partial charge >= 0.3 is 0 Å². The van der Waals surface area contributed by atoms with Crippen LogP contribution >= 0.6 is 12.4 Å². The predicted molar refractivity (Wildman–Crippen MR) is 129 cm³/mol. The van der Waals surface area contributed by atoms with E-state index in [1.165, 1.54) is 11.1 Å². The van der Waals surface area contributed by atoms with Gasteiger partial charge in [-0.25, -0.2) is 0 Å². The Hall–Kier alpha value is -2.15. The van der Waals surface area contributed by atoms with Crippen LogP contribution in [0.1, 0.15) is 29.5 Å². The van der Waals surface area contributed by atoms with E-state index in [1.807, 2.05) is 24.3 Å². The van der Waals surface area contributed by atoms with Crippen molar-refractivity contribution in [3.63, 3.8) is 0 Å². The summed E-state index contributed by atoms with van der Waals surface area (Å²) in [6.45, 7) is 1.75. The van der Waals surface area contributed by atoms with Crippen LogP contribution in [-0.2, 0) is 19.3 Å². The van der Waals surface area contributed by atoms with Gasteiger partial charge in [0.2, 0.25) is 0 Å². The number of aliphatic hydroxyl groups is 1. The van der Waals surface area contributed by atoms with Crippen LogP contribution in [0.25, 0.3) is 0 Å². The van der Waals surface area contributed by atoms with Gasteiger partial charge < -0.3 is 29.0 Å². The lowest BCUT2D eigenvalue weighted by Crippen LogP contribution is -2.39. The fourth-order valence-electron chi connectivity index (χ4n) is 4.25. The van der Waals surface area contributed by atoms with Crippen molar-refractivity contribution in [3.8, 4) is 23.0 Å². The SMILES string of the molecule is COc1ccc(CCN(C)CCC2(O)CCc3cc(OC)c(OC)cc3C2)cc1OC.Cl. The van der Waals surface area contributed by atoms with Gasteiger partial charge in [0.15, 0.2) is 23.0 Å². The minimum atomic E-state index is -0.690. The van der Waals surface area contributed by atoms with Crippen LogP contribution in [0.15, 0.2) is 30.3 Å². The molecule has 0 aliphatic heterocycles. The number of likely N-dealkylation sites (N-methyl/N-ethyl adjacent to an activating group) is 1. The van der Waals surface area contributed by atoms with Crippen LogP contribution in [-0.4, -0.2) is 64.2 Å². The Labute approximate surface area is 197 Å². The molecule has 2 aromatic rings. The molecule has 0 bridgehead atoms. The average molecular weight is 466 g/mol. The van der Waals surface area contributed by atoms with Gasteiger partial charge in [-0.2, -0.15) is 0 Å². The summed E-state index contributed by atoms with van der Waals surface area (Å²) in [4.78, 5) is 2.28. The Morgan fingerprint density at radius 1 is 0.844 bits per heavy atom. The van der Waals surface area contributed by atoms with Crippen molar-refractivity contribution in [2.75, 3.05) is 48.6 Å². The van der Waals surface area contributed by atoms with E-state index < -0.39 is 5.60 Å². The van der Waals surface area contributed by atoms with Crippen LogP contribution in [0.3, 0.4) is 0 Å². The van der Waals surface area contributed by atoms with Crippen molar-refractivity contribution >= 4 is 12.4 Å². The number of methoxy groups -OCH3 is 4. The molecule has 32 heavy (non-hydrogen) atoms. The normalized spacial score (nSPS) is 17.3. The molecule has 178 valence electrons. The number of halogens is 1. The fraction of sp³-hybridized carbons (Fsp3) is 0.520. The third kappa shape index (κ3) is 6.21. The first-order chi connectivity index (χ1) is 14.9. The van der Waals surface area contributed by atoms with Crippen molar-refractivity contribution in [2.45, 2.75) is 37.7 Å². The number of hydrogen-bond acceptors (Lipinski definition) is 6. The summed E-state index contributed by atoms with van der Waals surface area (Å²) >= 11 is 0. The van der Waals surface area contributed by atoms with Crippen molar-refractivity contribution in [3.05, 3.63) is 47.0 Å². The van der Waals surface area contributed by atoms with E-state index in [9.17, 15) is 5.11 Å². The number of nitrogens with zero attached hydrogens (tertiary/aromatic N) is 1. The molecule has 0 radical (unpaired) electrons. The third-order valence-corrected chi connectivity index (χ3v) is 6.27. The molecule has 2 aromatic carbocycles. The Bertz CT molecular complexity index is 891. The lowest BCUT2D eigenvalue weighted by molar-refractivity contribution is 0.0106. The number of aryl methyl sites for hydroxylation is 1. The van der Waals surface area contributed by atoms with Gasteiger partial charge in [-0.3, -0.25) is 0 Å². The Morgan fingerprint density at radius 2 is 1.44 bits per heavy atom. The predicted octanol–water partition coefficient (Wildman–Crippen LogP) is 3.93. The fourth-order valence-corrected chi connectivity index (χ4v) is 4.25. The van der Waals surface area contributed by atoms with Crippen molar-refractivity contribution < 1.29 is 24.1 Å². The average Bonchev–Trinajstić information content (AvgIpc) is 2.80. The summed E-state index contributed by atoms with van der Waals surface area (Å²) in [6, 6.07) is 10.1. The zero-order chi connectivity index (χ0) is 22.4. The molecule has 1 atom stereocenters. The Morgan fingerprint density at radius 3 is 2.06 bits per heavy atom. The molecule has 6 nitrogen and oxygen atoms in total. The maximum Gasteiger partial charge on any atom is 0.161 e. The van der Waals surface area contributed by atoms with Crippen LogP contribution < -0.4 is 18.9 Å². The van der Waals surface area contributed by atoms with E-state index in [-0.39, 0.29) is 12.4 Å². The number of ether oxygens (including phenoxy) is 4. The quantitative estimate of drug-likeness (QED) is 0.573. The van der Waals surface area contributed by atoms with E-state index in [2.05, 4.69) is 18.0 Å². The molecule has 0 amide bonds. The number of hydrogen-bond donors (Lipinski definition) is 1. The standard InChI is InChI=1S/C25H35NO5.ClH/c1-26(12-9-18-6-7-21(28-2)22(14-18)29-3)13-11-25(27)10-8-19-15-23(30-4)24(31-5)16-20(19)17-25;/h6-7,14-16,27H,8-13,17H2,1-5H3;1H. The lowest BCUT2D eigenvalue weighted by Gasteiger charge is -2.35. The second-order valence-corrected chi connectivity index (χ2v) is 8.37. The van der Waals surface area contributed by atoms with Crippen molar-refractivity contribution in [1.82, 2.24) is 4.90 Å². The first kappa shape index (κ1) is 26.1. The third-order valence-electron chi connectivity index (χ3n) is 6.27. The first-order valence-electron chi connectivity index (χ1n) is 10.8. The van der Waals surface area contributed by atoms with Gasteiger partial charge in [-0.05, 0) is 73.7 Å². The molecule has 1 aliphatic carbocycles. The van der Waals surface area contributed by atoms with E-state index in [0.717, 1.165) is 67.3 Å². The molecule has 0 aromatic heterocycles. The molecule has 0 saturated heterocycles. The van der Waals surface area contributed by atoms with Gasteiger partial charge in [0.05, 0.1) is 34.0 Å². The minimum absolute atomic E-state index is 0. The monoisotopic (exact) mass is 465 g/mol. The molecule has 0 spiro atoms. The summed E-state index contributed by atoms with van der Waals surface area (Å²) < 4.78 is 21.6. The van der Waals surface area contributed by atoms with Crippen LogP contribution in [0.2, 0.25) is 0 Å². The second kappa shape index (κ2) is 11.6. The molecule has 1 N–H and O–H groups in total. The molecule has 0 saturated carbocycles. The smallest absolute Gasteiger partial charge is 0.161 e. The van der Waals surface area contributed by atoms with Crippen molar-refractivity contribution in [2.24, 2.45) is 0 Å². The largest absolute Gasteiger partial charge is 0.493 e. The summed E-state index contributed by atoms with van der Waals surface area (Å²) in [6.07, 6.45) is 3.91. The topological polar surface area (TPSA) is 60.4 Å². The van der Waals surface area contributed by atoms with Crippen LogP contribution in [0, 0.1) is 0 Å². The zero-order valence-electron chi connectivity index (χ0n) is 19.8. The summed E-state index contributed by atoms with van der Waals surface area (Å²) in [5.41, 5.74) is 2.91. The number of fused-ring (bicyclic) bond motifs is 1. The van der Waals surface area contributed by atoms with Gasteiger partial charge in [0, 0.05) is 19.5 Å². The molecule has 1 aliphatic rings. The highest BCUT2D eigenvalue weighted by Crippen LogP contribution is 2.38. The van der Waals surface area contributed by atoms with E-state index in [4.69, 9.17) is 18.9 Å². The van der Waals surface area contributed by atoms with Gasteiger partial charge in [-0.15, -0.1) is 12.4 Å². The summed E-state index contributed by atoms with van der Waals surface area (Å²) in [5, 5.41) is 11.2. The molecular formula is C25H36ClNO5. The summed E-state index contributed by atoms with van der Waals surface area (Å²) in [7, 11) is 8.71. The van der Waals surface area contributed by atoms with Crippen molar-refractivity contribution in [1.29, 1.82) is 0 Å². The van der Waals surface area contributed by atoms with E-state index >= 15 is 0 Å². The number of benzene rings is 2. The molecule has 3 rings (SSSR count). The highest BCUT2D eigenvalue weighted by atomic mass is 35.5. The molecule has 7 heteroatoms. The lowest BCUT2D eigenvalue weighted by atomic mass is 9.78. The molecule has 1 unspecified atom stereocenters. The zero-order valence-corrected chi connectivity index (χ0v) is 20.6. The second-order valence-electron chi connectivity index (χ2n) is 8.37. The highest BCUT2D eigenvalue weighted by molar-refractivity contribution is 5.85. The molecule has 0 fully saturated rings. The molecule has 0 heterocycles. The van der Waals surface area contributed by atoms with Gasteiger partial charge in [0.1, 0.15) is 0 Å². The summed E-state index contributed by atoms with van der Waals surface area (Å²) in [5.74, 6) is 2.97. The van der Waals surface area contributed by atoms with Gasteiger partial charge in [-0.1, -0.05) is 6.07 Å². The highest BCUT2D eigenvalue weighted by Gasteiger charge is 2.33. The Kier molecular flexibility index (Phi) is 9.49. The Balaban J connectivity index is 0.00000363. The first-order valence-corrected chi connectivity index (χ1v) is 10.8. The van der Waals surface area contributed by atoms with E-state index in [1.54, 1.807) is 28.4 Å². The molecular weight excluding hydrogens is 430 g/mol. The van der Waals surface area contributed by atoms with Crippen LogP contribution in [0.4, 0.5) is 0 Å². The van der Waals surface area contributed by atoms with Crippen LogP contribution in [0.5, 0.6) is 23.0 Å². The minimum Gasteiger partial charge on any atom is -0.493 e.